The van der Waals surface area contributed by atoms with Crippen LogP contribution in [0.1, 0.15) is 5.56 Å². The molecule has 1 fully saturated rings. The summed E-state index contributed by atoms with van der Waals surface area (Å²) >= 11 is 4.94. The van der Waals surface area contributed by atoms with Crippen LogP contribution in [-0.2, 0) is 6.54 Å². The molecule has 0 bridgehead atoms. The van der Waals surface area contributed by atoms with Crippen molar-refractivity contribution in [3.8, 4) is 5.75 Å². The molecule has 92 valence electrons. The van der Waals surface area contributed by atoms with Crippen LogP contribution in [0.25, 0.3) is 0 Å². The molecule has 1 aromatic rings. The van der Waals surface area contributed by atoms with Gasteiger partial charge in [-0.2, -0.15) is 0 Å². The fraction of sp³-hybridized carbons (Fsp3) is 0.462. The molecule has 0 amide bonds. The van der Waals surface area contributed by atoms with E-state index in [1.807, 2.05) is 12.1 Å². The highest BCUT2D eigenvalue weighted by molar-refractivity contribution is 7.78. The molecule has 0 unspecified atom stereocenters. The van der Waals surface area contributed by atoms with Crippen molar-refractivity contribution in [3.05, 3.63) is 29.8 Å². The van der Waals surface area contributed by atoms with E-state index in [9.17, 15) is 0 Å². The predicted molar refractivity (Wildman–Crippen MR) is 73.5 cm³/mol. The smallest absolute Gasteiger partial charge is 0.118 e. The fourth-order valence-corrected chi connectivity index (χ4v) is 2.23. The third-order valence-corrected chi connectivity index (χ3v) is 3.42. The van der Waals surface area contributed by atoms with Gasteiger partial charge in [0.25, 0.3) is 0 Å². The molecule has 0 aromatic heterocycles. The van der Waals surface area contributed by atoms with Gasteiger partial charge in [-0.05, 0) is 17.7 Å². The van der Waals surface area contributed by atoms with Gasteiger partial charge in [0, 0.05) is 32.7 Å². The summed E-state index contributed by atoms with van der Waals surface area (Å²) in [5.41, 5.74) is 3.10. The number of hydrogen-bond donors (Lipinski definition) is 0. The molecule has 1 saturated heterocycles. The highest BCUT2D eigenvalue weighted by Crippen LogP contribution is 2.13. The standard InChI is InChI=1S/C13H18N2OS/c1-16-13-4-2-12(3-5-13)10-14-6-8-15(11-17)9-7-14/h2-5,11H,6-10H2,1H3. The second-order valence-electron chi connectivity index (χ2n) is 4.27. The number of piperazine rings is 1. The molecular formula is C13H18N2OS. The summed E-state index contributed by atoms with van der Waals surface area (Å²) in [7, 11) is 1.69. The maximum Gasteiger partial charge on any atom is 0.118 e. The van der Waals surface area contributed by atoms with Gasteiger partial charge in [0.1, 0.15) is 5.75 Å². The van der Waals surface area contributed by atoms with E-state index in [2.05, 4.69) is 21.9 Å². The number of rotatable bonds is 4. The highest BCUT2D eigenvalue weighted by Gasteiger charge is 2.14. The fourth-order valence-electron chi connectivity index (χ4n) is 2.02. The van der Waals surface area contributed by atoms with Gasteiger partial charge in [-0.3, -0.25) is 4.90 Å². The Balaban J connectivity index is 1.86. The minimum Gasteiger partial charge on any atom is -0.497 e. The molecule has 1 aliphatic heterocycles. The maximum absolute atomic E-state index is 5.15. The van der Waals surface area contributed by atoms with Crippen molar-refractivity contribution in [3.63, 3.8) is 0 Å². The molecule has 1 aliphatic rings. The first-order valence-corrected chi connectivity index (χ1v) is 6.33. The van der Waals surface area contributed by atoms with Crippen molar-refractivity contribution in [2.75, 3.05) is 33.3 Å². The normalized spacial score (nSPS) is 16.9. The molecule has 3 nitrogen and oxygen atoms in total. The van der Waals surface area contributed by atoms with Crippen LogP contribution in [0, 0.1) is 0 Å². The second kappa shape index (κ2) is 5.98. The van der Waals surface area contributed by atoms with Crippen LogP contribution < -0.4 is 4.74 Å². The van der Waals surface area contributed by atoms with Crippen molar-refractivity contribution in [2.24, 2.45) is 0 Å². The molecule has 0 radical (unpaired) electrons. The molecule has 0 aliphatic carbocycles. The lowest BCUT2D eigenvalue weighted by atomic mass is 10.2. The van der Waals surface area contributed by atoms with Gasteiger partial charge in [-0.15, -0.1) is 0 Å². The van der Waals surface area contributed by atoms with Gasteiger partial charge in [0.15, 0.2) is 0 Å². The topological polar surface area (TPSA) is 15.7 Å². The Bertz CT molecular complexity index is 358. The Hall–Kier alpha value is -1.13. The Morgan fingerprint density at radius 3 is 2.35 bits per heavy atom. The van der Waals surface area contributed by atoms with Crippen molar-refractivity contribution in [1.82, 2.24) is 9.80 Å². The largest absolute Gasteiger partial charge is 0.497 e. The van der Waals surface area contributed by atoms with Crippen molar-refractivity contribution >= 4 is 17.7 Å². The number of nitrogens with zero attached hydrogens (tertiary/aromatic N) is 2. The first-order valence-electron chi connectivity index (χ1n) is 5.86. The summed E-state index contributed by atoms with van der Waals surface area (Å²) in [5.74, 6) is 0.916. The third-order valence-electron chi connectivity index (χ3n) is 3.12. The maximum atomic E-state index is 5.15. The summed E-state index contributed by atoms with van der Waals surface area (Å²) < 4.78 is 5.15. The average Bonchev–Trinajstić information content (AvgIpc) is 2.40. The minimum absolute atomic E-state index is 0.916. The van der Waals surface area contributed by atoms with Crippen LogP contribution in [0.4, 0.5) is 0 Å². The second-order valence-corrected chi connectivity index (χ2v) is 4.48. The summed E-state index contributed by atoms with van der Waals surface area (Å²) in [6.07, 6.45) is 0. The quantitative estimate of drug-likeness (QED) is 0.757. The number of methoxy groups -OCH3 is 1. The van der Waals surface area contributed by atoms with E-state index >= 15 is 0 Å². The molecule has 0 N–H and O–H groups in total. The molecule has 0 atom stereocenters. The highest BCUT2D eigenvalue weighted by atomic mass is 32.1. The molecule has 17 heavy (non-hydrogen) atoms. The van der Waals surface area contributed by atoms with E-state index in [1.54, 1.807) is 12.6 Å². The lowest BCUT2D eigenvalue weighted by Gasteiger charge is -2.33. The molecule has 0 spiro atoms. The van der Waals surface area contributed by atoms with Crippen LogP contribution in [0.5, 0.6) is 5.75 Å². The summed E-state index contributed by atoms with van der Waals surface area (Å²) in [6, 6.07) is 8.29. The van der Waals surface area contributed by atoms with E-state index < -0.39 is 0 Å². The Labute approximate surface area is 108 Å². The number of hydrogen-bond acceptors (Lipinski definition) is 3. The van der Waals surface area contributed by atoms with Gasteiger partial charge >= 0.3 is 0 Å². The monoisotopic (exact) mass is 250 g/mol. The van der Waals surface area contributed by atoms with Crippen LogP contribution >= 0.6 is 12.2 Å². The van der Waals surface area contributed by atoms with E-state index in [-0.39, 0.29) is 0 Å². The van der Waals surface area contributed by atoms with Crippen LogP contribution in [0.15, 0.2) is 24.3 Å². The first-order chi connectivity index (χ1) is 8.31. The van der Waals surface area contributed by atoms with E-state index in [0.29, 0.717) is 0 Å². The van der Waals surface area contributed by atoms with Gasteiger partial charge in [-0.1, -0.05) is 24.4 Å². The lowest BCUT2D eigenvalue weighted by molar-refractivity contribution is 0.180. The van der Waals surface area contributed by atoms with E-state index in [1.165, 1.54) is 5.56 Å². The Morgan fingerprint density at radius 1 is 1.18 bits per heavy atom. The SMILES string of the molecule is COc1ccc(CN2CCN(C=S)CC2)cc1. The number of ether oxygens (including phenoxy) is 1. The van der Waals surface area contributed by atoms with Crippen molar-refractivity contribution in [1.29, 1.82) is 0 Å². The van der Waals surface area contributed by atoms with Crippen LogP contribution in [0.3, 0.4) is 0 Å². The third kappa shape index (κ3) is 3.41. The molecule has 1 aromatic carbocycles. The number of thiocarbonyl (C=S) groups is 1. The van der Waals surface area contributed by atoms with Gasteiger partial charge in [-0.25, -0.2) is 0 Å². The van der Waals surface area contributed by atoms with E-state index in [4.69, 9.17) is 17.0 Å². The summed E-state index contributed by atoms with van der Waals surface area (Å²) in [6.45, 7) is 5.26. The predicted octanol–water partition coefficient (Wildman–Crippen LogP) is 1.77. The zero-order valence-corrected chi connectivity index (χ0v) is 10.9. The molecule has 0 saturated carbocycles. The minimum atomic E-state index is 0.916. The van der Waals surface area contributed by atoms with Crippen molar-refractivity contribution in [2.45, 2.75) is 6.54 Å². The van der Waals surface area contributed by atoms with Crippen LogP contribution in [0.2, 0.25) is 0 Å². The summed E-state index contributed by atoms with van der Waals surface area (Å²) in [5, 5.41) is 0. The zero-order chi connectivity index (χ0) is 12.1. The van der Waals surface area contributed by atoms with E-state index in [0.717, 1.165) is 38.5 Å². The van der Waals surface area contributed by atoms with Gasteiger partial charge in [0.2, 0.25) is 0 Å². The van der Waals surface area contributed by atoms with Crippen molar-refractivity contribution < 1.29 is 4.74 Å². The Morgan fingerprint density at radius 2 is 1.82 bits per heavy atom. The Kier molecular flexibility index (Phi) is 4.34. The summed E-state index contributed by atoms with van der Waals surface area (Å²) in [4.78, 5) is 4.65. The molecular weight excluding hydrogens is 232 g/mol. The molecule has 2 rings (SSSR count). The van der Waals surface area contributed by atoms with Gasteiger partial charge in [0.05, 0.1) is 12.6 Å². The zero-order valence-electron chi connectivity index (χ0n) is 10.1. The molecule has 4 heteroatoms. The average molecular weight is 250 g/mol. The first kappa shape index (κ1) is 12.3. The van der Waals surface area contributed by atoms with Gasteiger partial charge < -0.3 is 9.64 Å². The number of benzene rings is 1. The lowest BCUT2D eigenvalue weighted by Crippen LogP contribution is -2.44. The molecule has 1 heterocycles. The van der Waals surface area contributed by atoms with Crippen LogP contribution in [-0.4, -0.2) is 48.6 Å².